The van der Waals surface area contributed by atoms with Crippen molar-refractivity contribution < 1.29 is 32.6 Å². The van der Waals surface area contributed by atoms with E-state index >= 15 is 0 Å². The van der Waals surface area contributed by atoms with Crippen LogP contribution in [0.25, 0.3) is 0 Å². The van der Waals surface area contributed by atoms with Gasteiger partial charge in [-0.05, 0) is 84.5 Å². The molecule has 8 atom stereocenters. The number of esters is 1. The SMILES string of the molecule is COC(=O)[C@]12CCC(C)(C)CC1C1C(=O)C=C3[C@@]4(C)C=C(C(F)(F)F)C(O)C(C)(C)C4CC[C@@]3(C)[C@]1(C)CC2. The van der Waals surface area contributed by atoms with E-state index < -0.39 is 50.8 Å². The number of allylic oxidation sites excluding steroid dienone is 3. The van der Waals surface area contributed by atoms with E-state index in [9.17, 15) is 27.9 Å². The summed E-state index contributed by atoms with van der Waals surface area (Å²) < 4.78 is 48.1. The summed E-state index contributed by atoms with van der Waals surface area (Å²) >= 11 is 0. The Kier molecular flexibility index (Phi) is 6.09. The predicted octanol–water partition coefficient (Wildman–Crippen LogP) is 7.21. The maximum Gasteiger partial charge on any atom is 0.414 e. The van der Waals surface area contributed by atoms with Gasteiger partial charge in [-0.3, -0.25) is 9.59 Å². The van der Waals surface area contributed by atoms with Crippen LogP contribution in [0.4, 0.5) is 13.2 Å². The van der Waals surface area contributed by atoms with Gasteiger partial charge < -0.3 is 9.84 Å². The summed E-state index contributed by atoms with van der Waals surface area (Å²) in [5.41, 5.74) is -3.92. The average Bonchev–Trinajstić information content (AvgIpc) is 2.81. The molecule has 0 aromatic heterocycles. The number of aliphatic hydroxyl groups is 1. The highest BCUT2D eigenvalue weighted by atomic mass is 19.4. The van der Waals surface area contributed by atoms with Crippen molar-refractivity contribution in [2.24, 2.45) is 50.2 Å². The Bertz CT molecular complexity index is 1160. The van der Waals surface area contributed by atoms with E-state index in [0.717, 1.165) is 24.8 Å². The van der Waals surface area contributed by atoms with Crippen LogP contribution in [0.15, 0.2) is 23.3 Å². The van der Waals surface area contributed by atoms with Crippen molar-refractivity contribution in [2.75, 3.05) is 7.11 Å². The van der Waals surface area contributed by atoms with Gasteiger partial charge in [0.15, 0.2) is 5.78 Å². The van der Waals surface area contributed by atoms with Crippen LogP contribution in [-0.2, 0) is 14.3 Å². The van der Waals surface area contributed by atoms with E-state index in [4.69, 9.17) is 4.74 Å². The second kappa shape index (κ2) is 8.23. The molecule has 3 saturated carbocycles. The Morgan fingerprint density at radius 3 is 2.21 bits per heavy atom. The summed E-state index contributed by atoms with van der Waals surface area (Å²) in [4.78, 5) is 27.7. The summed E-state index contributed by atoms with van der Waals surface area (Å²) in [5, 5.41) is 10.9. The van der Waals surface area contributed by atoms with Gasteiger partial charge in [0.2, 0.25) is 0 Å². The fourth-order valence-corrected chi connectivity index (χ4v) is 10.5. The highest BCUT2D eigenvalue weighted by molar-refractivity contribution is 5.96. The van der Waals surface area contributed by atoms with Gasteiger partial charge in [0.25, 0.3) is 0 Å². The second-order valence-electron chi connectivity index (χ2n) is 15.5. The van der Waals surface area contributed by atoms with Crippen molar-refractivity contribution in [2.45, 2.75) is 106 Å². The van der Waals surface area contributed by atoms with Crippen molar-refractivity contribution >= 4 is 11.8 Å². The number of hydrogen-bond acceptors (Lipinski definition) is 4. The molecule has 5 aliphatic rings. The summed E-state index contributed by atoms with van der Waals surface area (Å²) in [7, 11) is 1.43. The molecule has 5 rings (SSSR count). The van der Waals surface area contributed by atoms with Crippen molar-refractivity contribution in [3.8, 4) is 0 Å². The number of ether oxygens (including phenoxy) is 1. The van der Waals surface area contributed by atoms with Crippen LogP contribution < -0.4 is 0 Å². The topological polar surface area (TPSA) is 63.6 Å². The van der Waals surface area contributed by atoms with Crippen LogP contribution in [0.2, 0.25) is 0 Å². The lowest BCUT2D eigenvalue weighted by molar-refractivity contribution is -0.192. The number of hydrogen-bond donors (Lipinski definition) is 1. The Labute approximate surface area is 230 Å². The monoisotopic (exact) mass is 550 g/mol. The van der Waals surface area contributed by atoms with Crippen LogP contribution in [0.5, 0.6) is 0 Å². The third-order valence-electron chi connectivity index (χ3n) is 12.9. The van der Waals surface area contributed by atoms with Crippen LogP contribution >= 0.6 is 0 Å². The molecule has 7 heteroatoms. The van der Waals surface area contributed by atoms with Crippen LogP contribution in [0.1, 0.15) is 93.4 Å². The number of alkyl halides is 3. The van der Waals surface area contributed by atoms with Gasteiger partial charge >= 0.3 is 12.1 Å². The van der Waals surface area contributed by atoms with Gasteiger partial charge in [0.05, 0.1) is 24.2 Å². The van der Waals surface area contributed by atoms with Gasteiger partial charge in [0.1, 0.15) is 0 Å². The lowest BCUT2D eigenvalue weighted by Crippen LogP contribution is -2.66. The smallest absolute Gasteiger partial charge is 0.414 e. The molecule has 218 valence electrons. The largest absolute Gasteiger partial charge is 0.469 e. The zero-order valence-electron chi connectivity index (χ0n) is 24.7. The molecule has 0 saturated heterocycles. The van der Waals surface area contributed by atoms with E-state index in [2.05, 4.69) is 27.7 Å². The van der Waals surface area contributed by atoms with Crippen LogP contribution in [-0.4, -0.2) is 36.2 Å². The maximum absolute atomic E-state index is 14.3. The fourth-order valence-electron chi connectivity index (χ4n) is 10.5. The molecule has 39 heavy (non-hydrogen) atoms. The average molecular weight is 551 g/mol. The minimum Gasteiger partial charge on any atom is -0.469 e. The fraction of sp³-hybridized carbons (Fsp3) is 0.812. The third kappa shape index (κ3) is 3.59. The van der Waals surface area contributed by atoms with Crippen molar-refractivity contribution in [3.05, 3.63) is 23.3 Å². The van der Waals surface area contributed by atoms with E-state index in [1.807, 2.05) is 6.92 Å². The van der Waals surface area contributed by atoms with E-state index in [1.165, 1.54) is 13.2 Å². The van der Waals surface area contributed by atoms with E-state index in [1.54, 1.807) is 19.9 Å². The molecule has 0 aliphatic heterocycles. The van der Waals surface area contributed by atoms with Crippen LogP contribution in [0, 0.1) is 50.2 Å². The number of halogens is 3. The number of carbonyl (C=O) groups excluding carboxylic acids is 2. The first kappa shape index (κ1) is 28.9. The summed E-state index contributed by atoms with van der Waals surface area (Å²) in [6.07, 6.45) is 1.60. The Morgan fingerprint density at radius 1 is 1.00 bits per heavy atom. The number of carbonyl (C=O) groups is 2. The van der Waals surface area contributed by atoms with E-state index in [-0.39, 0.29) is 29.0 Å². The zero-order valence-corrected chi connectivity index (χ0v) is 24.7. The summed E-state index contributed by atoms with van der Waals surface area (Å²) in [6.45, 7) is 14.0. The molecule has 0 aromatic rings. The summed E-state index contributed by atoms with van der Waals surface area (Å²) in [5.74, 6) is -1.11. The molecule has 4 nitrogen and oxygen atoms in total. The zero-order chi connectivity index (χ0) is 29.2. The van der Waals surface area contributed by atoms with Gasteiger partial charge in [0, 0.05) is 11.3 Å². The molecule has 3 fully saturated rings. The van der Waals surface area contributed by atoms with Gasteiger partial charge in [-0.1, -0.05) is 60.1 Å². The standard InChI is InChI=1S/C32H45F3O4/c1-26(2)11-13-31(25(38)39-8)14-12-30(7)23(18(31)16-26)20(36)15-22-28(5)17-19(32(33,34)35)24(37)27(3,4)21(28)9-10-29(22,30)6/h15,17-18,21,23-24,37H,9-14,16H2,1-8H3/t18?,21?,23?,24?,28-,29+,30+,31-/m0/s1. The molecule has 4 unspecified atom stereocenters. The highest BCUT2D eigenvalue weighted by Gasteiger charge is 2.71. The predicted molar refractivity (Wildman–Crippen MR) is 142 cm³/mol. The number of fused-ring (bicyclic) bond motifs is 7. The van der Waals surface area contributed by atoms with Crippen molar-refractivity contribution in [3.63, 3.8) is 0 Å². The molecular weight excluding hydrogens is 505 g/mol. The number of methoxy groups -OCH3 is 1. The number of ketones is 1. The first-order valence-electron chi connectivity index (χ1n) is 14.5. The molecular formula is C32H45F3O4. The van der Waals surface area contributed by atoms with Crippen LogP contribution in [0.3, 0.4) is 0 Å². The molecule has 0 amide bonds. The highest BCUT2D eigenvalue weighted by Crippen LogP contribution is 2.75. The molecule has 0 spiro atoms. The quantitative estimate of drug-likeness (QED) is 0.277. The Balaban J connectivity index is 1.71. The second-order valence-corrected chi connectivity index (χ2v) is 15.5. The normalized spacial score (nSPS) is 46.5. The lowest BCUT2D eigenvalue weighted by atomic mass is 9.34. The maximum atomic E-state index is 14.3. The molecule has 0 aromatic carbocycles. The molecule has 1 N–H and O–H groups in total. The first-order chi connectivity index (χ1) is 17.7. The van der Waals surface area contributed by atoms with Gasteiger partial charge in [-0.15, -0.1) is 0 Å². The Morgan fingerprint density at radius 2 is 1.62 bits per heavy atom. The van der Waals surface area contributed by atoms with Gasteiger partial charge in [-0.25, -0.2) is 0 Å². The minimum absolute atomic E-state index is 0.0247. The third-order valence-corrected chi connectivity index (χ3v) is 12.9. The van der Waals surface area contributed by atoms with Crippen molar-refractivity contribution in [1.29, 1.82) is 0 Å². The molecule has 5 aliphatic carbocycles. The minimum atomic E-state index is -4.66. The molecule has 0 bridgehead atoms. The number of aliphatic hydroxyl groups excluding tert-OH is 1. The van der Waals surface area contributed by atoms with Crippen molar-refractivity contribution in [1.82, 2.24) is 0 Å². The molecule has 0 radical (unpaired) electrons. The van der Waals surface area contributed by atoms with E-state index in [0.29, 0.717) is 25.7 Å². The van der Waals surface area contributed by atoms with Gasteiger partial charge in [-0.2, -0.15) is 13.2 Å². The molecule has 0 heterocycles. The Hall–Kier alpha value is -1.63. The lowest BCUT2D eigenvalue weighted by Gasteiger charge is -2.69. The summed E-state index contributed by atoms with van der Waals surface area (Å²) in [6, 6.07) is 0. The first-order valence-corrected chi connectivity index (χ1v) is 14.5. The number of rotatable bonds is 1.